The van der Waals surface area contributed by atoms with Crippen molar-refractivity contribution in [1.29, 1.82) is 0 Å². The smallest absolute Gasteiger partial charge is 0.243 e. The highest BCUT2D eigenvalue weighted by molar-refractivity contribution is 7.89. The molecular formula is C18H20N4O3S. The van der Waals surface area contributed by atoms with Gasteiger partial charge in [-0.15, -0.1) is 0 Å². The molecule has 1 aliphatic rings. The standard InChI is InChI=1S/C18H20N4O3S/c1-25-14-2-4-15(5-3-14)26(23,24)22-10-7-13(8-11-22)16-6-9-19-18-17(16)20-12-21-18/h2-6,9,12-13H,7-8,10-11H2,1H3,(H,19,20,21). The average molecular weight is 372 g/mol. The fourth-order valence-corrected chi connectivity index (χ4v) is 4.97. The summed E-state index contributed by atoms with van der Waals surface area (Å²) in [5, 5.41) is 0. The number of piperidine rings is 1. The molecule has 1 aromatic carbocycles. The molecule has 0 saturated carbocycles. The van der Waals surface area contributed by atoms with Crippen LogP contribution in [0.25, 0.3) is 11.2 Å². The number of fused-ring (bicyclic) bond motifs is 1. The van der Waals surface area contributed by atoms with Crippen LogP contribution in [0.1, 0.15) is 24.3 Å². The lowest BCUT2D eigenvalue weighted by molar-refractivity contribution is 0.320. The Bertz CT molecular complexity index is 1010. The second-order valence-electron chi connectivity index (χ2n) is 6.35. The van der Waals surface area contributed by atoms with E-state index in [0.717, 1.165) is 29.6 Å². The lowest BCUT2D eigenvalue weighted by Gasteiger charge is -2.31. The molecule has 4 rings (SSSR count). The van der Waals surface area contributed by atoms with Crippen molar-refractivity contribution in [3.8, 4) is 5.75 Å². The second kappa shape index (κ2) is 6.69. The van der Waals surface area contributed by atoms with E-state index in [2.05, 4.69) is 15.0 Å². The number of imidazole rings is 1. The normalized spacial score (nSPS) is 16.8. The van der Waals surface area contributed by atoms with Crippen molar-refractivity contribution in [3.05, 3.63) is 48.4 Å². The zero-order valence-corrected chi connectivity index (χ0v) is 15.2. The van der Waals surface area contributed by atoms with Crippen LogP contribution in [-0.4, -0.2) is 47.9 Å². The maximum atomic E-state index is 12.9. The lowest BCUT2D eigenvalue weighted by atomic mass is 9.90. The molecule has 1 aliphatic heterocycles. The molecule has 0 atom stereocenters. The summed E-state index contributed by atoms with van der Waals surface area (Å²) in [6, 6.07) is 8.52. The fourth-order valence-electron chi connectivity index (χ4n) is 3.50. The van der Waals surface area contributed by atoms with E-state index >= 15 is 0 Å². The zero-order chi connectivity index (χ0) is 18.1. The van der Waals surface area contributed by atoms with Gasteiger partial charge >= 0.3 is 0 Å². The maximum Gasteiger partial charge on any atom is 0.243 e. The Labute approximate surface area is 152 Å². The molecule has 0 radical (unpaired) electrons. The van der Waals surface area contributed by atoms with E-state index in [4.69, 9.17) is 4.74 Å². The number of hydrogen-bond donors (Lipinski definition) is 1. The molecule has 0 aliphatic carbocycles. The molecule has 0 unspecified atom stereocenters. The van der Waals surface area contributed by atoms with E-state index < -0.39 is 10.0 Å². The first-order chi connectivity index (χ1) is 12.6. The number of H-pyrrole nitrogens is 1. The van der Waals surface area contributed by atoms with E-state index in [1.165, 1.54) is 0 Å². The molecule has 1 fully saturated rings. The Balaban J connectivity index is 1.51. The van der Waals surface area contributed by atoms with Gasteiger partial charge in [0.2, 0.25) is 10.0 Å². The predicted molar refractivity (Wildman–Crippen MR) is 97.6 cm³/mol. The van der Waals surface area contributed by atoms with E-state index in [1.807, 2.05) is 6.07 Å². The fraction of sp³-hybridized carbons (Fsp3) is 0.333. The van der Waals surface area contributed by atoms with Gasteiger partial charge in [0.05, 0.1) is 18.3 Å². The highest BCUT2D eigenvalue weighted by Gasteiger charge is 2.30. The van der Waals surface area contributed by atoms with Crippen molar-refractivity contribution in [2.45, 2.75) is 23.7 Å². The zero-order valence-electron chi connectivity index (χ0n) is 14.4. The number of methoxy groups -OCH3 is 1. The number of nitrogens with zero attached hydrogens (tertiary/aromatic N) is 3. The van der Waals surface area contributed by atoms with Gasteiger partial charge in [0.15, 0.2) is 5.65 Å². The highest BCUT2D eigenvalue weighted by Crippen LogP contribution is 2.33. The molecule has 0 amide bonds. The summed E-state index contributed by atoms with van der Waals surface area (Å²) in [4.78, 5) is 12.0. The number of benzene rings is 1. The quantitative estimate of drug-likeness (QED) is 0.760. The number of nitrogens with one attached hydrogen (secondary N) is 1. The topological polar surface area (TPSA) is 88.2 Å². The minimum absolute atomic E-state index is 0.283. The van der Waals surface area contributed by atoms with Crippen molar-refractivity contribution < 1.29 is 13.2 Å². The van der Waals surface area contributed by atoms with Gasteiger partial charge in [-0.05, 0) is 54.7 Å². The minimum atomic E-state index is -3.48. The minimum Gasteiger partial charge on any atom is -0.497 e. The molecule has 0 spiro atoms. The summed E-state index contributed by atoms with van der Waals surface area (Å²) in [7, 11) is -1.92. The number of hydrogen-bond acceptors (Lipinski definition) is 5. The summed E-state index contributed by atoms with van der Waals surface area (Å²) in [6.07, 6.45) is 4.95. The average Bonchev–Trinajstić information content (AvgIpc) is 3.17. The molecule has 3 heterocycles. The van der Waals surface area contributed by atoms with Gasteiger partial charge in [0.25, 0.3) is 0 Å². The van der Waals surface area contributed by atoms with E-state index in [1.54, 1.807) is 48.2 Å². The van der Waals surface area contributed by atoms with E-state index in [-0.39, 0.29) is 5.92 Å². The van der Waals surface area contributed by atoms with Crippen molar-refractivity contribution in [2.75, 3.05) is 20.2 Å². The molecule has 3 aromatic rings. The Hall–Kier alpha value is -2.45. The van der Waals surface area contributed by atoms with Crippen LogP contribution >= 0.6 is 0 Å². The lowest BCUT2D eigenvalue weighted by Crippen LogP contribution is -2.37. The van der Waals surface area contributed by atoms with Gasteiger partial charge in [-0.3, -0.25) is 0 Å². The number of ether oxygens (including phenoxy) is 1. The van der Waals surface area contributed by atoms with Gasteiger partial charge in [0.1, 0.15) is 11.3 Å². The molecule has 26 heavy (non-hydrogen) atoms. The molecule has 7 nitrogen and oxygen atoms in total. The van der Waals surface area contributed by atoms with E-state index in [9.17, 15) is 8.42 Å². The van der Waals surface area contributed by atoms with Gasteiger partial charge in [-0.25, -0.2) is 18.4 Å². The van der Waals surface area contributed by atoms with Gasteiger partial charge in [0, 0.05) is 19.3 Å². The number of aromatic nitrogens is 3. The Kier molecular flexibility index (Phi) is 4.37. The predicted octanol–water partition coefficient (Wildman–Crippen LogP) is 2.53. The van der Waals surface area contributed by atoms with Crippen LogP contribution < -0.4 is 4.74 Å². The Morgan fingerprint density at radius 2 is 1.85 bits per heavy atom. The summed E-state index contributed by atoms with van der Waals surface area (Å²) in [5.41, 5.74) is 2.79. The number of sulfonamides is 1. The third-order valence-electron chi connectivity index (χ3n) is 4.94. The number of aromatic amines is 1. The molecular weight excluding hydrogens is 352 g/mol. The first-order valence-electron chi connectivity index (χ1n) is 8.52. The third kappa shape index (κ3) is 2.95. The summed E-state index contributed by atoms with van der Waals surface area (Å²) < 4.78 is 32.4. The monoisotopic (exact) mass is 372 g/mol. The largest absolute Gasteiger partial charge is 0.497 e. The van der Waals surface area contributed by atoms with Gasteiger partial charge in [-0.2, -0.15) is 4.31 Å². The molecule has 1 saturated heterocycles. The van der Waals surface area contributed by atoms with Crippen molar-refractivity contribution in [3.63, 3.8) is 0 Å². The van der Waals surface area contributed by atoms with Crippen LogP contribution in [-0.2, 0) is 10.0 Å². The highest BCUT2D eigenvalue weighted by atomic mass is 32.2. The molecule has 0 bridgehead atoms. The van der Waals surface area contributed by atoms with Crippen LogP contribution in [0.3, 0.4) is 0 Å². The molecule has 2 aromatic heterocycles. The van der Waals surface area contributed by atoms with Crippen LogP contribution in [0.4, 0.5) is 0 Å². The van der Waals surface area contributed by atoms with Crippen LogP contribution in [0, 0.1) is 0 Å². The number of rotatable bonds is 4. The van der Waals surface area contributed by atoms with Crippen molar-refractivity contribution in [2.24, 2.45) is 0 Å². The van der Waals surface area contributed by atoms with Gasteiger partial charge < -0.3 is 9.72 Å². The van der Waals surface area contributed by atoms with Crippen molar-refractivity contribution in [1.82, 2.24) is 19.3 Å². The molecule has 1 N–H and O–H groups in total. The maximum absolute atomic E-state index is 12.9. The third-order valence-corrected chi connectivity index (χ3v) is 6.85. The summed E-state index contributed by atoms with van der Waals surface area (Å²) >= 11 is 0. The van der Waals surface area contributed by atoms with Crippen LogP contribution in [0.15, 0.2) is 47.8 Å². The Morgan fingerprint density at radius 1 is 1.12 bits per heavy atom. The SMILES string of the molecule is COc1ccc(S(=O)(=O)N2CCC(c3ccnc4[nH]cnc34)CC2)cc1. The van der Waals surface area contributed by atoms with Crippen LogP contribution in [0.5, 0.6) is 5.75 Å². The van der Waals surface area contributed by atoms with Crippen LogP contribution in [0.2, 0.25) is 0 Å². The Morgan fingerprint density at radius 3 is 2.54 bits per heavy atom. The second-order valence-corrected chi connectivity index (χ2v) is 8.29. The van der Waals surface area contributed by atoms with Crippen molar-refractivity contribution >= 4 is 21.2 Å². The number of pyridine rings is 1. The molecule has 8 heteroatoms. The van der Waals surface area contributed by atoms with Gasteiger partial charge in [-0.1, -0.05) is 0 Å². The summed E-state index contributed by atoms with van der Waals surface area (Å²) in [6.45, 7) is 0.987. The first kappa shape index (κ1) is 17.0. The van der Waals surface area contributed by atoms with E-state index in [0.29, 0.717) is 23.7 Å². The molecule has 136 valence electrons. The summed E-state index contributed by atoms with van der Waals surface area (Å²) in [5.74, 6) is 0.925. The first-order valence-corrected chi connectivity index (χ1v) is 9.96.